The number of ether oxygens (including phenoxy) is 1. The van der Waals surface area contributed by atoms with Crippen LogP contribution < -0.4 is 10.6 Å². The van der Waals surface area contributed by atoms with Crippen LogP contribution in [0.4, 0.5) is 0 Å². The van der Waals surface area contributed by atoms with E-state index in [1.54, 1.807) is 7.11 Å². The van der Waals surface area contributed by atoms with Gasteiger partial charge in [0, 0.05) is 58.5 Å². The van der Waals surface area contributed by atoms with Crippen LogP contribution in [0.2, 0.25) is 0 Å². The summed E-state index contributed by atoms with van der Waals surface area (Å²) in [5.41, 5.74) is 1.80. The van der Waals surface area contributed by atoms with Gasteiger partial charge in [-0.2, -0.15) is 0 Å². The lowest BCUT2D eigenvalue weighted by Crippen LogP contribution is -2.41. The second-order valence-corrected chi connectivity index (χ2v) is 6.95. The lowest BCUT2D eigenvalue weighted by atomic mass is 10.1. The molecule has 0 saturated carbocycles. The Morgan fingerprint density at radius 2 is 1.73 bits per heavy atom. The van der Waals surface area contributed by atoms with E-state index in [4.69, 9.17) is 4.74 Å². The van der Waals surface area contributed by atoms with E-state index in [0.717, 1.165) is 69.4 Å². The quantitative estimate of drug-likeness (QED) is 0.177. The third-order valence-corrected chi connectivity index (χ3v) is 4.69. The van der Waals surface area contributed by atoms with E-state index in [9.17, 15) is 4.79 Å². The number of hydrogen-bond donors (Lipinski definition) is 2. The highest BCUT2D eigenvalue weighted by Gasteiger charge is 2.11. The molecule has 0 spiro atoms. The molecule has 8 heteroatoms. The summed E-state index contributed by atoms with van der Waals surface area (Å²) in [4.78, 5) is 21.2. The van der Waals surface area contributed by atoms with Gasteiger partial charge >= 0.3 is 0 Å². The molecule has 0 fully saturated rings. The lowest BCUT2D eigenvalue weighted by Gasteiger charge is -2.18. The number of guanidine groups is 1. The first-order valence-corrected chi connectivity index (χ1v) is 10.6. The first-order chi connectivity index (χ1) is 14.0. The number of amides is 1. The van der Waals surface area contributed by atoms with Gasteiger partial charge in [-0.05, 0) is 51.9 Å². The number of nitrogens with one attached hydrogen (secondary N) is 2. The average molecular weight is 533 g/mol. The minimum Gasteiger partial charge on any atom is -0.385 e. The van der Waals surface area contributed by atoms with E-state index in [-0.39, 0.29) is 29.9 Å². The maximum atomic E-state index is 12.4. The molecule has 0 unspecified atom stereocenters. The molecule has 0 aromatic heterocycles. The summed E-state index contributed by atoms with van der Waals surface area (Å²) in [6.07, 6.45) is 1.04. The van der Waals surface area contributed by atoms with Crippen LogP contribution in [0.1, 0.15) is 43.1 Å². The predicted molar refractivity (Wildman–Crippen MR) is 136 cm³/mol. The second-order valence-electron chi connectivity index (χ2n) is 6.95. The Kier molecular flexibility index (Phi) is 16.5. The Hall–Kier alpha value is -1.39. The van der Waals surface area contributed by atoms with Crippen LogP contribution in [0.15, 0.2) is 29.3 Å². The van der Waals surface area contributed by atoms with Gasteiger partial charge in [-0.1, -0.05) is 12.1 Å². The van der Waals surface area contributed by atoms with Crippen LogP contribution in [0.3, 0.4) is 0 Å². The van der Waals surface area contributed by atoms with Crippen LogP contribution in [-0.4, -0.2) is 81.7 Å². The molecule has 0 atom stereocenters. The molecule has 1 aromatic carbocycles. The molecular formula is C22H40IN5O2. The molecule has 0 heterocycles. The zero-order chi connectivity index (χ0) is 21.5. The minimum atomic E-state index is 0. The van der Waals surface area contributed by atoms with E-state index in [2.05, 4.69) is 34.5 Å². The van der Waals surface area contributed by atoms with Gasteiger partial charge in [-0.25, -0.2) is 4.99 Å². The fourth-order valence-electron chi connectivity index (χ4n) is 2.91. The van der Waals surface area contributed by atoms with Crippen LogP contribution in [0.25, 0.3) is 0 Å². The molecule has 1 aromatic rings. The maximum absolute atomic E-state index is 12.4. The van der Waals surface area contributed by atoms with Gasteiger partial charge in [-0.15, -0.1) is 24.0 Å². The molecule has 7 nitrogen and oxygen atoms in total. The number of likely N-dealkylation sites (N-methyl/N-ethyl adjacent to an activating group) is 1. The molecule has 0 radical (unpaired) electrons. The Labute approximate surface area is 199 Å². The van der Waals surface area contributed by atoms with Gasteiger partial charge < -0.3 is 25.2 Å². The summed E-state index contributed by atoms with van der Waals surface area (Å²) >= 11 is 0. The first-order valence-electron chi connectivity index (χ1n) is 10.6. The standard InChI is InChI=1S/C22H39N5O2.HI/c1-6-23-22(24-14-16-26(4)15-9-17-29-5)25-18-19-10-12-20(13-11-19)21(28)27(7-2)8-3;/h10-13H,6-9,14-18H2,1-5H3,(H2,23,24,25);1H. The number of carbonyl (C=O) groups is 1. The second kappa shape index (κ2) is 17.3. The van der Waals surface area contributed by atoms with Crippen molar-refractivity contribution in [2.24, 2.45) is 4.99 Å². The van der Waals surface area contributed by atoms with Crippen molar-refractivity contribution in [3.63, 3.8) is 0 Å². The highest BCUT2D eigenvalue weighted by molar-refractivity contribution is 14.0. The van der Waals surface area contributed by atoms with E-state index >= 15 is 0 Å². The first kappa shape index (κ1) is 28.6. The highest BCUT2D eigenvalue weighted by atomic mass is 127. The molecule has 1 amide bonds. The van der Waals surface area contributed by atoms with Gasteiger partial charge in [0.25, 0.3) is 5.91 Å². The van der Waals surface area contributed by atoms with Crippen molar-refractivity contribution in [2.45, 2.75) is 33.7 Å². The Morgan fingerprint density at radius 3 is 2.30 bits per heavy atom. The fourth-order valence-corrected chi connectivity index (χ4v) is 2.91. The molecule has 172 valence electrons. The number of hydrogen-bond acceptors (Lipinski definition) is 4. The zero-order valence-corrected chi connectivity index (χ0v) is 21.6. The number of methoxy groups -OCH3 is 1. The number of halogens is 1. The SMILES string of the molecule is CCNC(=NCc1ccc(C(=O)N(CC)CC)cc1)NCCN(C)CCCOC.I. The van der Waals surface area contributed by atoms with Gasteiger partial charge in [0.05, 0.1) is 6.54 Å². The van der Waals surface area contributed by atoms with Crippen molar-refractivity contribution in [1.82, 2.24) is 20.4 Å². The number of rotatable bonds is 13. The third-order valence-electron chi connectivity index (χ3n) is 4.69. The minimum absolute atomic E-state index is 0. The predicted octanol–water partition coefficient (Wildman–Crippen LogP) is 2.81. The van der Waals surface area contributed by atoms with E-state index in [0.29, 0.717) is 6.54 Å². The summed E-state index contributed by atoms with van der Waals surface area (Å²) < 4.78 is 5.09. The fraction of sp³-hybridized carbons (Fsp3) is 0.636. The van der Waals surface area contributed by atoms with Gasteiger partial charge in [-0.3, -0.25) is 4.79 Å². The number of benzene rings is 1. The van der Waals surface area contributed by atoms with Crippen LogP contribution in [-0.2, 0) is 11.3 Å². The van der Waals surface area contributed by atoms with Crippen molar-refractivity contribution in [1.29, 1.82) is 0 Å². The van der Waals surface area contributed by atoms with Gasteiger partial charge in [0.1, 0.15) is 0 Å². The number of carbonyl (C=O) groups excluding carboxylic acids is 1. The lowest BCUT2D eigenvalue weighted by molar-refractivity contribution is 0.0773. The van der Waals surface area contributed by atoms with Crippen molar-refractivity contribution in [2.75, 3.05) is 60.0 Å². The van der Waals surface area contributed by atoms with Crippen molar-refractivity contribution >= 4 is 35.8 Å². The summed E-state index contributed by atoms with van der Waals surface area (Å²) in [5.74, 6) is 0.885. The van der Waals surface area contributed by atoms with Gasteiger partial charge in [0.15, 0.2) is 5.96 Å². The highest BCUT2D eigenvalue weighted by Crippen LogP contribution is 2.09. The van der Waals surface area contributed by atoms with E-state index < -0.39 is 0 Å². The van der Waals surface area contributed by atoms with Crippen LogP contribution in [0.5, 0.6) is 0 Å². The summed E-state index contributed by atoms with van der Waals surface area (Å²) in [6, 6.07) is 7.74. The summed E-state index contributed by atoms with van der Waals surface area (Å²) in [7, 11) is 3.85. The average Bonchev–Trinajstić information content (AvgIpc) is 2.73. The number of nitrogens with zero attached hydrogens (tertiary/aromatic N) is 3. The zero-order valence-electron chi connectivity index (χ0n) is 19.2. The molecule has 0 aliphatic rings. The topological polar surface area (TPSA) is 69.2 Å². The number of aliphatic imine (C=N–C) groups is 1. The summed E-state index contributed by atoms with van der Waals surface area (Å²) in [6.45, 7) is 12.5. The van der Waals surface area contributed by atoms with Gasteiger partial charge in [0.2, 0.25) is 0 Å². The van der Waals surface area contributed by atoms with E-state index in [1.807, 2.05) is 43.0 Å². The van der Waals surface area contributed by atoms with Crippen molar-refractivity contribution < 1.29 is 9.53 Å². The molecule has 1 rings (SSSR count). The van der Waals surface area contributed by atoms with Crippen molar-refractivity contribution in [3.05, 3.63) is 35.4 Å². The molecule has 0 aliphatic heterocycles. The Balaban J connectivity index is 0.00000841. The van der Waals surface area contributed by atoms with Crippen molar-refractivity contribution in [3.8, 4) is 0 Å². The van der Waals surface area contributed by atoms with Crippen LogP contribution >= 0.6 is 24.0 Å². The largest absolute Gasteiger partial charge is 0.385 e. The monoisotopic (exact) mass is 533 g/mol. The normalized spacial score (nSPS) is 11.2. The molecule has 0 saturated heterocycles. The van der Waals surface area contributed by atoms with Crippen LogP contribution in [0, 0.1) is 0 Å². The molecule has 30 heavy (non-hydrogen) atoms. The Bertz CT molecular complexity index is 606. The third kappa shape index (κ3) is 11.1. The molecular weight excluding hydrogens is 493 g/mol. The molecule has 0 aliphatic carbocycles. The summed E-state index contributed by atoms with van der Waals surface area (Å²) in [5, 5.41) is 6.66. The smallest absolute Gasteiger partial charge is 0.253 e. The Morgan fingerprint density at radius 1 is 1.07 bits per heavy atom. The van der Waals surface area contributed by atoms with E-state index in [1.165, 1.54) is 0 Å². The molecule has 2 N–H and O–H groups in total. The maximum Gasteiger partial charge on any atom is 0.253 e. The molecule has 0 bridgehead atoms.